The Morgan fingerprint density at radius 2 is 1.89 bits per heavy atom. The van der Waals surface area contributed by atoms with Gasteiger partial charge in [-0.05, 0) is 24.6 Å². The summed E-state index contributed by atoms with van der Waals surface area (Å²) in [6.45, 7) is 2.02. The highest BCUT2D eigenvalue weighted by Gasteiger charge is 2.08. The van der Waals surface area contributed by atoms with E-state index in [4.69, 9.17) is 5.73 Å². The molecule has 0 saturated heterocycles. The number of nitrogens with zero attached hydrogens (tertiary/aromatic N) is 2. The second-order valence-electron chi connectivity index (χ2n) is 3.99. The maximum atomic E-state index is 13.2. The van der Waals surface area contributed by atoms with Crippen molar-refractivity contribution in [3.63, 3.8) is 0 Å². The average molecular weight is 249 g/mol. The van der Waals surface area contributed by atoms with Crippen LogP contribution in [0.25, 0.3) is 11.4 Å². The van der Waals surface area contributed by atoms with Gasteiger partial charge < -0.3 is 5.73 Å². The Morgan fingerprint density at radius 3 is 2.56 bits per heavy atom. The van der Waals surface area contributed by atoms with Gasteiger partial charge in [-0.3, -0.25) is 0 Å². The monoisotopic (exact) mass is 249 g/mol. The molecule has 0 amide bonds. The molecular weight excluding hydrogens is 236 g/mol. The van der Waals surface area contributed by atoms with Crippen LogP contribution >= 0.6 is 0 Å². The van der Waals surface area contributed by atoms with Gasteiger partial charge in [0.1, 0.15) is 5.82 Å². The third-order valence-corrected chi connectivity index (χ3v) is 2.48. The predicted octanol–water partition coefficient (Wildman–Crippen LogP) is 2.96. The quantitative estimate of drug-likeness (QED) is 0.909. The number of benzene rings is 1. The van der Waals surface area contributed by atoms with Gasteiger partial charge in [0.05, 0.1) is 0 Å². The van der Waals surface area contributed by atoms with E-state index in [0.29, 0.717) is 17.2 Å². The molecule has 0 aliphatic heterocycles. The second-order valence-corrected chi connectivity index (χ2v) is 3.99. The Hall–Kier alpha value is -2.04. The zero-order chi connectivity index (χ0) is 13.1. The zero-order valence-corrected chi connectivity index (χ0v) is 9.95. The van der Waals surface area contributed by atoms with Crippen molar-refractivity contribution in [2.45, 2.75) is 19.8 Å². The van der Waals surface area contributed by atoms with Gasteiger partial charge in [-0.1, -0.05) is 13.3 Å². The maximum absolute atomic E-state index is 13.2. The number of nitrogen functional groups attached to an aromatic ring is 1. The molecule has 18 heavy (non-hydrogen) atoms. The van der Waals surface area contributed by atoms with Crippen LogP contribution in [0.4, 0.5) is 14.6 Å². The van der Waals surface area contributed by atoms with Crippen molar-refractivity contribution in [2.75, 3.05) is 5.73 Å². The van der Waals surface area contributed by atoms with Crippen LogP contribution in [-0.2, 0) is 6.42 Å². The molecule has 0 fully saturated rings. The van der Waals surface area contributed by atoms with E-state index in [2.05, 4.69) is 9.97 Å². The molecule has 0 radical (unpaired) electrons. The molecular formula is C13H13F2N3. The topological polar surface area (TPSA) is 51.8 Å². The van der Waals surface area contributed by atoms with Crippen molar-refractivity contribution >= 4 is 5.82 Å². The number of anilines is 1. The van der Waals surface area contributed by atoms with E-state index in [-0.39, 0.29) is 0 Å². The van der Waals surface area contributed by atoms with Crippen LogP contribution < -0.4 is 5.73 Å². The fourth-order valence-corrected chi connectivity index (χ4v) is 1.67. The molecule has 2 N–H and O–H groups in total. The zero-order valence-electron chi connectivity index (χ0n) is 9.95. The first kappa shape index (κ1) is 12.4. The molecule has 0 saturated carbocycles. The number of hydrogen-bond acceptors (Lipinski definition) is 3. The van der Waals surface area contributed by atoms with Gasteiger partial charge >= 0.3 is 0 Å². The molecule has 3 nitrogen and oxygen atoms in total. The Bertz CT molecular complexity index is 570. The van der Waals surface area contributed by atoms with Crippen LogP contribution in [0.15, 0.2) is 24.3 Å². The summed E-state index contributed by atoms with van der Waals surface area (Å²) >= 11 is 0. The minimum atomic E-state index is -0.921. The summed E-state index contributed by atoms with van der Waals surface area (Å²) in [6.07, 6.45) is 1.69. The lowest BCUT2D eigenvalue weighted by Gasteiger charge is -2.05. The Morgan fingerprint density at radius 1 is 1.11 bits per heavy atom. The van der Waals surface area contributed by atoms with Gasteiger partial charge in [-0.25, -0.2) is 18.7 Å². The summed E-state index contributed by atoms with van der Waals surface area (Å²) in [5.74, 6) is -1.17. The van der Waals surface area contributed by atoms with Crippen molar-refractivity contribution in [3.8, 4) is 11.4 Å². The van der Waals surface area contributed by atoms with E-state index >= 15 is 0 Å². The predicted molar refractivity (Wildman–Crippen MR) is 65.8 cm³/mol. The molecule has 1 aromatic carbocycles. The molecule has 0 bridgehead atoms. The molecule has 2 rings (SSSR count). The van der Waals surface area contributed by atoms with Crippen LogP contribution in [0.1, 0.15) is 19.0 Å². The Kier molecular flexibility index (Phi) is 3.50. The molecule has 0 spiro atoms. The third-order valence-electron chi connectivity index (χ3n) is 2.48. The summed E-state index contributed by atoms with van der Waals surface area (Å²) in [4.78, 5) is 8.32. The fraction of sp³-hybridized carbons (Fsp3) is 0.231. The van der Waals surface area contributed by atoms with E-state index in [9.17, 15) is 8.78 Å². The molecule has 5 heteroatoms. The number of hydrogen-bond donors (Lipinski definition) is 1. The van der Waals surface area contributed by atoms with Crippen molar-refractivity contribution in [1.29, 1.82) is 0 Å². The highest BCUT2D eigenvalue weighted by atomic mass is 19.2. The molecule has 0 unspecified atom stereocenters. The molecule has 1 aromatic heterocycles. The van der Waals surface area contributed by atoms with Gasteiger partial charge in [0.15, 0.2) is 17.5 Å². The van der Waals surface area contributed by atoms with Gasteiger partial charge in [0.2, 0.25) is 0 Å². The van der Waals surface area contributed by atoms with Crippen molar-refractivity contribution in [2.24, 2.45) is 0 Å². The summed E-state index contributed by atoms with van der Waals surface area (Å²) in [7, 11) is 0. The van der Waals surface area contributed by atoms with Crippen LogP contribution in [0.2, 0.25) is 0 Å². The summed E-state index contributed by atoms with van der Waals surface area (Å²) in [5.41, 5.74) is 6.89. The van der Waals surface area contributed by atoms with Gasteiger partial charge in [-0.2, -0.15) is 0 Å². The van der Waals surface area contributed by atoms with Crippen LogP contribution in [0.3, 0.4) is 0 Å². The smallest absolute Gasteiger partial charge is 0.161 e. The summed E-state index contributed by atoms with van der Waals surface area (Å²) in [6, 6.07) is 5.24. The first-order chi connectivity index (χ1) is 8.60. The summed E-state index contributed by atoms with van der Waals surface area (Å²) in [5, 5.41) is 0. The van der Waals surface area contributed by atoms with Crippen LogP contribution in [0.5, 0.6) is 0 Å². The Labute approximate surface area is 104 Å². The van der Waals surface area contributed by atoms with E-state index in [0.717, 1.165) is 30.7 Å². The number of nitrogens with two attached hydrogens (primary N) is 1. The van der Waals surface area contributed by atoms with Gasteiger partial charge in [0.25, 0.3) is 0 Å². The largest absolute Gasteiger partial charge is 0.384 e. The minimum Gasteiger partial charge on any atom is -0.384 e. The normalized spacial score (nSPS) is 10.6. The lowest BCUT2D eigenvalue weighted by atomic mass is 10.2. The lowest BCUT2D eigenvalue weighted by Crippen LogP contribution is -2.00. The molecule has 2 aromatic rings. The van der Waals surface area contributed by atoms with E-state index in [1.54, 1.807) is 6.07 Å². The van der Waals surface area contributed by atoms with Gasteiger partial charge in [0, 0.05) is 17.3 Å². The maximum Gasteiger partial charge on any atom is 0.161 e. The highest BCUT2D eigenvalue weighted by molar-refractivity contribution is 5.57. The highest BCUT2D eigenvalue weighted by Crippen LogP contribution is 2.20. The van der Waals surface area contributed by atoms with Crippen LogP contribution in [-0.4, -0.2) is 9.97 Å². The number of halogens is 2. The molecule has 0 aliphatic carbocycles. The molecule has 94 valence electrons. The Balaban J connectivity index is 2.46. The average Bonchev–Trinajstić information content (AvgIpc) is 2.32. The first-order valence-corrected chi connectivity index (χ1v) is 5.69. The molecule has 0 aliphatic rings. The van der Waals surface area contributed by atoms with Crippen molar-refractivity contribution in [3.05, 3.63) is 41.6 Å². The second kappa shape index (κ2) is 5.08. The minimum absolute atomic E-state index is 0.317. The van der Waals surface area contributed by atoms with E-state index < -0.39 is 11.6 Å². The molecule has 1 heterocycles. The SMILES string of the molecule is CCCc1cc(N)nc(-c2ccc(F)c(F)c2)n1. The number of rotatable bonds is 3. The standard InChI is InChI=1S/C13H13F2N3/c1-2-3-9-7-12(16)18-13(17-9)8-4-5-10(14)11(15)6-8/h4-7H,2-3H2,1H3,(H2,16,17,18). The van der Waals surface area contributed by atoms with Gasteiger partial charge in [-0.15, -0.1) is 0 Å². The van der Waals surface area contributed by atoms with Crippen molar-refractivity contribution < 1.29 is 8.78 Å². The number of aryl methyl sites for hydroxylation is 1. The summed E-state index contributed by atoms with van der Waals surface area (Å²) < 4.78 is 26.0. The third kappa shape index (κ3) is 2.61. The first-order valence-electron chi connectivity index (χ1n) is 5.69. The van der Waals surface area contributed by atoms with E-state index in [1.807, 2.05) is 6.92 Å². The molecule has 0 atom stereocenters. The van der Waals surface area contributed by atoms with E-state index in [1.165, 1.54) is 6.07 Å². The van der Waals surface area contributed by atoms with Crippen LogP contribution in [0, 0.1) is 11.6 Å². The number of aromatic nitrogens is 2. The van der Waals surface area contributed by atoms with Crippen molar-refractivity contribution in [1.82, 2.24) is 9.97 Å². The lowest BCUT2D eigenvalue weighted by molar-refractivity contribution is 0.509. The fourth-order valence-electron chi connectivity index (χ4n) is 1.67.